The lowest BCUT2D eigenvalue weighted by atomic mass is 10.00. The van der Waals surface area contributed by atoms with Gasteiger partial charge < -0.3 is 52.5 Å². The average Bonchev–Trinajstić information content (AvgIpc) is 4.09. The van der Waals surface area contributed by atoms with E-state index >= 15 is 0 Å². The van der Waals surface area contributed by atoms with Gasteiger partial charge >= 0.3 is 0 Å². The first-order chi connectivity index (χ1) is 37.1. The fourth-order valence-electron chi connectivity index (χ4n) is 10.5. The van der Waals surface area contributed by atoms with Crippen LogP contribution in [-0.4, -0.2) is 123 Å². The van der Waals surface area contributed by atoms with E-state index in [-0.39, 0.29) is 11.8 Å². The van der Waals surface area contributed by atoms with E-state index in [0.717, 1.165) is 184 Å². The van der Waals surface area contributed by atoms with Crippen molar-refractivity contribution in [2.24, 2.45) is 0 Å². The van der Waals surface area contributed by atoms with Gasteiger partial charge in [0.1, 0.15) is 0 Å². The van der Waals surface area contributed by atoms with Gasteiger partial charge in [-0.2, -0.15) is 0 Å². The van der Waals surface area contributed by atoms with Gasteiger partial charge in [0.05, 0.1) is 22.8 Å². The summed E-state index contributed by atoms with van der Waals surface area (Å²) in [4.78, 5) is 45.0. The number of aryl methyl sites for hydroxylation is 4. The minimum atomic E-state index is 0.0603. The summed E-state index contributed by atoms with van der Waals surface area (Å²) in [5.41, 5.74) is 17.0. The molecule has 0 unspecified atom stereocenters. The zero-order valence-electron chi connectivity index (χ0n) is 48.6. The number of hydrogen-bond donors (Lipinski definition) is 10. The number of nitrogens with one attached hydrogen (secondary N) is 10. The number of rotatable bonds is 40. The molecule has 0 saturated heterocycles. The van der Waals surface area contributed by atoms with E-state index in [1.54, 1.807) is 0 Å². The van der Waals surface area contributed by atoms with E-state index in [2.05, 4.69) is 132 Å². The maximum Gasteiger partial charge on any atom is 0.220 e. The number of allylic oxidation sites excluding steroid dienone is 4. The number of carbonyl (C=O) groups is 2. The van der Waals surface area contributed by atoms with Crippen molar-refractivity contribution in [3.63, 3.8) is 0 Å². The van der Waals surface area contributed by atoms with Crippen molar-refractivity contribution >= 4 is 56.2 Å². The highest BCUT2D eigenvalue weighted by molar-refractivity contribution is 5.95. The van der Waals surface area contributed by atoms with Gasteiger partial charge in [-0.15, -0.1) is 0 Å². The molecule has 0 fully saturated rings. The minimum Gasteiger partial charge on any atom is -0.356 e. The standard InChI is InChI=1S/C62H102N12O2/c1-9-49-45(5)53-41-54-47(7)51(25-27-61(75)69-39-23-21-37-67-35-19-17-33-65-31-15-13-29-63-11-3)59(73-54)44-60-52(48(8)56(74-60)43-58-50(10-2)46(6)55(72-58)42-57(49)71-53)26-28-62(76)70-40-24-22-38-68-36-20-18-34-66-32-16-14-30-64-12-4/h41-44,63-68,71,74H,9-40H2,1-8H3,(H,69,75)(H,70,76). The van der Waals surface area contributed by atoms with Gasteiger partial charge in [0.25, 0.3) is 0 Å². The highest BCUT2D eigenvalue weighted by Gasteiger charge is 2.21. The van der Waals surface area contributed by atoms with Crippen LogP contribution in [0.2, 0.25) is 0 Å². The van der Waals surface area contributed by atoms with E-state index in [0.29, 0.717) is 38.8 Å². The molecule has 10 N–H and O–H groups in total. The summed E-state index contributed by atoms with van der Waals surface area (Å²) >= 11 is 0. The van der Waals surface area contributed by atoms with Crippen molar-refractivity contribution in [3.8, 4) is 0 Å². The Bertz CT molecular complexity index is 2470. The monoisotopic (exact) mass is 1050 g/mol. The summed E-state index contributed by atoms with van der Waals surface area (Å²) in [7, 11) is 0. The summed E-state index contributed by atoms with van der Waals surface area (Å²) in [5, 5.41) is 27.5. The molecular formula is C62H102N12O2. The molecule has 5 rings (SSSR count). The number of amides is 2. The fraction of sp³-hybridized carbons (Fsp3) is 0.645. The van der Waals surface area contributed by atoms with Crippen molar-refractivity contribution in [2.75, 3.05) is 91.6 Å². The van der Waals surface area contributed by atoms with Crippen LogP contribution in [0.5, 0.6) is 0 Å². The van der Waals surface area contributed by atoms with Crippen molar-refractivity contribution in [2.45, 2.75) is 171 Å². The van der Waals surface area contributed by atoms with Crippen molar-refractivity contribution < 1.29 is 9.59 Å². The summed E-state index contributed by atoms with van der Waals surface area (Å²) in [6.07, 6.45) is 17.2. The molecule has 0 atom stereocenters. The lowest BCUT2D eigenvalue weighted by Crippen LogP contribution is -2.26. The Morgan fingerprint density at radius 1 is 0.395 bits per heavy atom. The maximum absolute atomic E-state index is 13.4. The van der Waals surface area contributed by atoms with E-state index in [1.807, 2.05) is 0 Å². The minimum absolute atomic E-state index is 0.0603. The number of aromatic nitrogens is 4. The van der Waals surface area contributed by atoms with Crippen LogP contribution in [0, 0.1) is 13.8 Å². The van der Waals surface area contributed by atoms with Crippen molar-refractivity contribution in [3.05, 3.63) is 69.3 Å². The first-order valence-corrected chi connectivity index (χ1v) is 30.0. The molecule has 0 radical (unpaired) electrons. The number of fused-ring (bicyclic) bond motifs is 8. The smallest absolute Gasteiger partial charge is 0.220 e. The SMILES string of the molecule is CCNCCCCNCCCCNCCCCNC(=O)CCC1=C(C)c2cc3[nH]c(cc4nc(cc5[nH]c(cc1n2)c(CCC(=O)NCCCCNCCCCNCCCCNCC)c5C)C(CC)=C4C)c(CC)c3C. The second kappa shape index (κ2) is 35.7. The molecule has 0 aromatic carbocycles. The van der Waals surface area contributed by atoms with Crippen LogP contribution in [0.25, 0.3) is 44.4 Å². The van der Waals surface area contributed by atoms with E-state index < -0.39 is 0 Å². The summed E-state index contributed by atoms with van der Waals surface area (Å²) < 4.78 is 0. The topological polar surface area (TPSA) is 188 Å². The van der Waals surface area contributed by atoms with Crippen LogP contribution in [0.3, 0.4) is 0 Å². The Kier molecular flexibility index (Phi) is 29.2. The van der Waals surface area contributed by atoms with E-state index in [1.165, 1.54) is 73.6 Å². The number of carbonyl (C=O) groups excluding carboxylic acids is 2. The van der Waals surface area contributed by atoms with Crippen LogP contribution in [0.4, 0.5) is 0 Å². The normalized spacial score (nSPS) is 12.6. The fourth-order valence-corrected chi connectivity index (χ4v) is 10.5. The predicted molar refractivity (Wildman–Crippen MR) is 323 cm³/mol. The Morgan fingerprint density at radius 2 is 0.737 bits per heavy atom. The average molecular weight is 1050 g/mol. The zero-order valence-corrected chi connectivity index (χ0v) is 48.6. The Balaban J connectivity index is 1.22. The van der Waals surface area contributed by atoms with Crippen molar-refractivity contribution in [1.82, 2.24) is 62.5 Å². The molecule has 2 aliphatic rings. The van der Waals surface area contributed by atoms with Gasteiger partial charge in [0.2, 0.25) is 11.8 Å². The van der Waals surface area contributed by atoms with Gasteiger partial charge in [0, 0.05) is 48.0 Å². The number of H-pyrrole nitrogens is 2. The third-order valence-corrected chi connectivity index (χ3v) is 15.2. The van der Waals surface area contributed by atoms with Gasteiger partial charge in [0.15, 0.2) is 0 Å². The Hall–Kier alpha value is -4.70. The van der Waals surface area contributed by atoms with Crippen molar-refractivity contribution in [1.29, 1.82) is 0 Å². The van der Waals surface area contributed by atoms with Gasteiger partial charge in [-0.3, -0.25) is 9.59 Å². The molecule has 8 bridgehead atoms. The number of nitrogens with zero attached hydrogens (tertiary/aromatic N) is 2. The molecule has 3 aromatic rings. The zero-order chi connectivity index (χ0) is 54.3. The predicted octanol–water partition coefficient (Wildman–Crippen LogP) is 9.97. The second-order valence-electron chi connectivity index (χ2n) is 21.0. The van der Waals surface area contributed by atoms with Gasteiger partial charge in [-0.1, -0.05) is 27.7 Å². The first-order valence-electron chi connectivity index (χ1n) is 30.0. The molecule has 5 heterocycles. The maximum atomic E-state index is 13.4. The molecule has 0 aliphatic carbocycles. The molecule has 3 aromatic heterocycles. The third-order valence-electron chi connectivity index (χ3n) is 15.2. The summed E-state index contributed by atoms with van der Waals surface area (Å²) in [6.45, 7) is 31.4. The molecule has 2 amide bonds. The van der Waals surface area contributed by atoms with Gasteiger partial charge in [-0.25, -0.2) is 9.97 Å². The first kappa shape index (κ1) is 62.1. The molecule has 0 spiro atoms. The van der Waals surface area contributed by atoms with Gasteiger partial charge in [-0.05, 0) is 278 Å². The molecular weight excluding hydrogens is 945 g/mol. The molecule has 422 valence electrons. The number of unbranched alkanes of at least 4 members (excludes halogenated alkanes) is 6. The molecule has 2 aliphatic heterocycles. The highest BCUT2D eigenvalue weighted by atomic mass is 16.2. The Morgan fingerprint density at radius 3 is 1.17 bits per heavy atom. The summed E-state index contributed by atoms with van der Waals surface area (Å²) in [5.74, 6) is 0.124. The second-order valence-corrected chi connectivity index (χ2v) is 21.0. The highest BCUT2D eigenvalue weighted by Crippen LogP contribution is 2.37. The summed E-state index contributed by atoms with van der Waals surface area (Å²) in [6, 6.07) is 8.74. The van der Waals surface area contributed by atoms with Crippen LogP contribution in [0.1, 0.15) is 189 Å². The lowest BCUT2D eigenvalue weighted by Gasteiger charge is -2.08. The molecule has 14 nitrogen and oxygen atoms in total. The lowest BCUT2D eigenvalue weighted by molar-refractivity contribution is -0.121. The number of aromatic amines is 2. The Labute approximate surface area is 458 Å². The van der Waals surface area contributed by atoms with Crippen LogP contribution < -0.4 is 42.5 Å². The van der Waals surface area contributed by atoms with Crippen LogP contribution in [-0.2, 0) is 22.4 Å². The van der Waals surface area contributed by atoms with Crippen LogP contribution >= 0.6 is 0 Å². The van der Waals surface area contributed by atoms with E-state index in [4.69, 9.17) is 9.97 Å². The van der Waals surface area contributed by atoms with E-state index in [9.17, 15) is 9.59 Å². The van der Waals surface area contributed by atoms with Crippen LogP contribution in [0.15, 0.2) is 24.3 Å². The number of hydrogen-bond acceptors (Lipinski definition) is 10. The molecule has 14 heteroatoms. The molecule has 0 saturated carbocycles. The molecule has 76 heavy (non-hydrogen) atoms. The largest absolute Gasteiger partial charge is 0.356 e. The quantitative estimate of drug-likeness (QED) is 0.0246. The third kappa shape index (κ3) is 20.6.